The minimum atomic E-state index is -0.250. The monoisotopic (exact) mass is 248 g/mol. The minimum absolute atomic E-state index is 0.216. The number of carboxylic acid groups (broad SMARTS) is 1. The Labute approximate surface area is 76.0 Å². The molecule has 0 spiro atoms. The molecule has 0 amide bonds. The van der Waals surface area contributed by atoms with Gasteiger partial charge in [-0.15, -0.1) is 0 Å². The summed E-state index contributed by atoms with van der Waals surface area (Å²) in [5.41, 5.74) is 0. The minimum Gasteiger partial charge on any atom is -0.483 e. The maximum Gasteiger partial charge on any atom is 0.290 e. The fourth-order valence-corrected chi connectivity index (χ4v) is 0.692. The smallest absolute Gasteiger partial charge is 0.290 e. The van der Waals surface area contributed by atoms with E-state index in [4.69, 9.17) is 9.90 Å². The van der Waals surface area contributed by atoms with E-state index in [1.807, 2.05) is 0 Å². The molecule has 0 atom stereocenters. The zero-order chi connectivity index (χ0) is 8.69. The van der Waals surface area contributed by atoms with E-state index in [1.54, 1.807) is 18.2 Å². The Hall–Kier alpha value is -0.640. The van der Waals surface area contributed by atoms with Crippen molar-refractivity contribution >= 4 is 10.3 Å². The fraction of sp³-hybridized carbons (Fsp3) is 0. The predicted molar refractivity (Wildman–Crippen MR) is 34.7 cm³/mol. The zero-order valence-corrected chi connectivity index (χ0v) is 6.90. The molecule has 1 aromatic carbocycles. The van der Waals surface area contributed by atoms with Crippen LogP contribution in [-0.4, -0.2) is 11.6 Å². The van der Waals surface area contributed by atoms with Crippen LogP contribution in [0.25, 0.3) is 0 Å². The van der Waals surface area contributed by atoms with Crippen molar-refractivity contribution in [2.24, 2.45) is 0 Å². The topological polar surface area (TPSA) is 37.3 Å². The average molecular weight is 249 g/mol. The van der Waals surface area contributed by atoms with Gasteiger partial charge in [0.05, 0.1) is 0 Å². The molecule has 64 valence electrons. The molecule has 0 fully saturated rings. The third kappa shape index (κ3) is 4.72. The molecule has 1 rings (SSSR count). The van der Waals surface area contributed by atoms with Crippen LogP contribution in [0, 0.1) is 5.82 Å². The molecule has 0 heterocycles. The molecule has 0 aliphatic carbocycles. The average Bonchev–Trinajstić information content (AvgIpc) is 1.97. The van der Waals surface area contributed by atoms with Crippen LogP contribution in [0.5, 0.6) is 0 Å². The van der Waals surface area contributed by atoms with Gasteiger partial charge in [-0.2, -0.15) is 0 Å². The zero-order valence-electron chi connectivity index (χ0n) is 5.42. The summed E-state index contributed by atoms with van der Waals surface area (Å²) in [5, 5.41) is 6.89. The van der Waals surface area contributed by atoms with Crippen molar-refractivity contribution in [3.63, 3.8) is 0 Å². The summed E-state index contributed by atoms with van der Waals surface area (Å²) in [6, 6.07) is 6.49. The molecule has 0 aliphatic heterocycles. The quantitative estimate of drug-likeness (QED) is 0.542. The second-order valence-corrected chi connectivity index (χ2v) is 2.28. The third-order valence-electron chi connectivity index (χ3n) is 0.793. The van der Waals surface area contributed by atoms with Crippen molar-refractivity contribution in [3.05, 3.63) is 30.1 Å². The van der Waals surface area contributed by atoms with Gasteiger partial charge in [-0.25, -0.2) is 0 Å². The number of carbonyl (C=O) groups is 1. The third-order valence-corrected chi connectivity index (χ3v) is 1.39. The molecule has 0 aromatic heterocycles. The number of rotatable bonds is 0. The van der Waals surface area contributed by atoms with Gasteiger partial charge in [0, 0.05) is 0 Å². The maximum absolute atomic E-state index is 12.3. The van der Waals surface area contributed by atoms with E-state index in [9.17, 15) is 4.39 Å². The molecule has 0 radical (unpaired) electrons. The van der Waals surface area contributed by atoms with Crippen molar-refractivity contribution in [3.8, 4) is 0 Å². The first-order chi connectivity index (χ1) is 5.22. The van der Waals surface area contributed by atoms with Gasteiger partial charge in [-0.1, -0.05) is 0 Å². The van der Waals surface area contributed by atoms with Gasteiger partial charge >= 0.3 is 59.3 Å². The standard InChI is InChI=1S/C6H4F.CH2O2.Ag/c7-6-4-2-1-3-5-6;2-1-3;/h1-4H;1H,(H,2,3);. The maximum atomic E-state index is 12.3. The van der Waals surface area contributed by atoms with Gasteiger partial charge in [0.1, 0.15) is 0 Å². The molecular weight excluding hydrogens is 243 g/mol. The predicted octanol–water partition coefficient (Wildman–Crippen LogP) is 0.699. The summed E-state index contributed by atoms with van der Waals surface area (Å²) in [5.74, 6) is -0.216. The van der Waals surface area contributed by atoms with Crippen molar-refractivity contribution in [2.45, 2.75) is 0 Å². The molecule has 1 aromatic rings. The van der Waals surface area contributed by atoms with Crippen molar-refractivity contribution in [1.82, 2.24) is 0 Å². The van der Waals surface area contributed by atoms with E-state index in [1.165, 1.54) is 6.07 Å². The summed E-state index contributed by atoms with van der Waals surface area (Å²) in [6.07, 6.45) is 0. The Kier molecular flexibility index (Phi) is 5.74. The SMILES string of the molecule is Fc1cccc[c]1[Ag].O=CO. The number of hydrogen-bond acceptors (Lipinski definition) is 1. The first kappa shape index (κ1) is 10.4. The molecule has 0 unspecified atom stereocenters. The van der Waals surface area contributed by atoms with Gasteiger partial charge in [0.25, 0.3) is 6.47 Å². The molecule has 0 bridgehead atoms. The van der Waals surface area contributed by atoms with Gasteiger partial charge < -0.3 is 5.11 Å². The Morgan fingerprint density at radius 1 is 1.45 bits per heavy atom. The molecule has 0 saturated heterocycles. The Balaban J connectivity index is 0.000000292. The van der Waals surface area contributed by atoms with Gasteiger partial charge in [0.15, 0.2) is 0 Å². The Morgan fingerprint density at radius 3 is 2.18 bits per heavy atom. The van der Waals surface area contributed by atoms with E-state index >= 15 is 0 Å². The van der Waals surface area contributed by atoms with Crippen molar-refractivity contribution in [2.75, 3.05) is 0 Å². The van der Waals surface area contributed by atoms with Crippen LogP contribution in [0.4, 0.5) is 4.39 Å². The van der Waals surface area contributed by atoms with Crippen LogP contribution in [0.2, 0.25) is 0 Å². The van der Waals surface area contributed by atoms with Crippen LogP contribution in [0.3, 0.4) is 0 Å². The van der Waals surface area contributed by atoms with Crippen LogP contribution in [0.1, 0.15) is 0 Å². The molecule has 11 heavy (non-hydrogen) atoms. The second-order valence-electron chi connectivity index (χ2n) is 1.48. The van der Waals surface area contributed by atoms with Crippen LogP contribution in [-0.2, 0) is 25.9 Å². The summed E-state index contributed by atoms with van der Waals surface area (Å²) < 4.78 is 12.8. The molecule has 0 aliphatic rings. The molecule has 2 nitrogen and oxygen atoms in total. The Morgan fingerprint density at radius 2 is 1.91 bits per heavy atom. The molecule has 1 N–H and O–H groups in total. The first-order valence-corrected chi connectivity index (χ1v) is 3.40. The van der Waals surface area contributed by atoms with E-state index in [-0.39, 0.29) is 12.3 Å². The molecular formula is C7H6AgFO2. The normalized spacial score (nSPS) is 7.91. The van der Waals surface area contributed by atoms with Gasteiger partial charge in [-0.05, 0) is 0 Å². The Bertz CT molecular complexity index is 206. The fourth-order valence-electron chi connectivity index (χ4n) is 0.426. The second kappa shape index (κ2) is 6.10. The van der Waals surface area contributed by atoms with E-state index in [2.05, 4.69) is 21.1 Å². The summed E-state index contributed by atoms with van der Waals surface area (Å²) in [4.78, 5) is 8.36. The van der Waals surface area contributed by atoms with Crippen LogP contribution < -0.4 is 3.78 Å². The number of halogens is 1. The summed E-state index contributed by atoms with van der Waals surface area (Å²) in [6.45, 7) is -0.250. The van der Waals surface area contributed by atoms with Crippen LogP contribution >= 0.6 is 0 Å². The van der Waals surface area contributed by atoms with Crippen molar-refractivity contribution in [1.29, 1.82) is 0 Å². The van der Waals surface area contributed by atoms with Crippen LogP contribution in [0.15, 0.2) is 24.3 Å². The number of hydrogen-bond donors (Lipinski definition) is 1. The van der Waals surface area contributed by atoms with E-state index in [0.717, 1.165) is 0 Å². The van der Waals surface area contributed by atoms with E-state index < -0.39 is 0 Å². The van der Waals surface area contributed by atoms with Crippen molar-refractivity contribution < 1.29 is 35.4 Å². The van der Waals surface area contributed by atoms with Gasteiger partial charge in [0.2, 0.25) is 0 Å². The molecule has 0 saturated carbocycles. The largest absolute Gasteiger partial charge is 0.483 e. The first-order valence-electron chi connectivity index (χ1n) is 2.66. The van der Waals surface area contributed by atoms with Gasteiger partial charge in [-0.3, -0.25) is 4.79 Å². The number of benzene rings is 1. The molecule has 4 heteroatoms. The van der Waals surface area contributed by atoms with E-state index in [0.29, 0.717) is 3.78 Å². The summed E-state index contributed by atoms with van der Waals surface area (Å²) in [7, 11) is 0. The summed E-state index contributed by atoms with van der Waals surface area (Å²) >= 11 is 3.04.